The number of likely N-dealkylation sites (N-methyl/N-ethyl adjacent to an activating group) is 1. The fourth-order valence-corrected chi connectivity index (χ4v) is 3.91. The molecule has 0 bridgehead atoms. The minimum atomic E-state index is 0.974. The van der Waals surface area contributed by atoms with Crippen molar-refractivity contribution in [3.63, 3.8) is 0 Å². The van der Waals surface area contributed by atoms with Crippen molar-refractivity contribution < 1.29 is 0 Å². The van der Waals surface area contributed by atoms with Crippen LogP contribution in [0.25, 0.3) is 11.3 Å². The van der Waals surface area contributed by atoms with E-state index in [1.165, 1.54) is 21.0 Å². The average molecular weight is 341 g/mol. The first-order valence-corrected chi connectivity index (χ1v) is 9.58. The monoisotopic (exact) mass is 340 g/mol. The van der Waals surface area contributed by atoms with Gasteiger partial charge < -0.3 is 5.32 Å². The Hall–Kier alpha value is -1.62. The van der Waals surface area contributed by atoms with E-state index in [4.69, 9.17) is 4.98 Å². The Morgan fingerprint density at radius 2 is 1.83 bits per heavy atom. The van der Waals surface area contributed by atoms with Crippen LogP contribution in [0, 0.1) is 0 Å². The topological polar surface area (TPSA) is 24.9 Å². The van der Waals surface area contributed by atoms with Crippen molar-refractivity contribution in [2.45, 2.75) is 17.1 Å². The van der Waals surface area contributed by atoms with Gasteiger partial charge in [0.2, 0.25) is 0 Å². The fourth-order valence-electron chi connectivity index (χ4n) is 2.25. The molecular weight excluding hydrogens is 320 g/mol. The Labute approximate surface area is 146 Å². The van der Waals surface area contributed by atoms with Crippen molar-refractivity contribution in [2.75, 3.05) is 13.6 Å². The van der Waals surface area contributed by atoms with Crippen LogP contribution >= 0.6 is 23.1 Å². The summed E-state index contributed by atoms with van der Waals surface area (Å²) in [4.78, 5) is 6.01. The van der Waals surface area contributed by atoms with E-state index in [1.807, 2.05) is 18.8 Å². The van der Waals surface area contributed by atoms with Crippen molar-refractivity contribution in [1.29, 1.82) is 0 Å². The molecule has 3 rings (SSSR count). The highest BCUT2D eigenvalue weighted by Gasteiger charge is 2.05. The lowest BCUT2D eigenvalue weighted by Crippen LogP contribution is -2.09. The lowest BCUT2D eigenvalue weighted by atomic mass is 10.2. The Kier molecular flexibility index (Phi) is 5.86. The molecule has 0 saturated carbocycles. The molecular formula is C19H20N2S2. The van der Waals surface area contributed by atoms with Crippen molar-refractivity contribution in [1.82, 2.24) is 10.3 Å². The summed E-state index contributed by atoms with van der Waals surface area (Å²) in [5.41, 5.74) is 3.64. The molecule has 0 radical (unpaired) electrons. The van der Waals surface area contributed by atoms with Gasteiger partial charge >= 0.3 is 0 Å². The molecule has 1 heterocycles. The summed E-state index contributed by atoms with van der Waals surface area (Å²) in [6.45, 7) is 0.974. The molecule has 0 amide bonds. The predicted octanol–water partition coefficient (Wildman–Crippen LogP) is 4.86. The summed E-state index contributed by atoms with van der Waals surface area (Å²) >= 11 is 3.61. The van der Waals surface area contributed by atoms with E-state index in [-0.39, 0.29) is 0 Å². The van der Waals surface area contributed by atoms with Gasteiger partial charge in [-0.05, 0) is 24.7 Å². The largest absolute Gasteiger partial charge is 0.319 e. The minimum Gasteiger partial charge on any atom is -0.319 e. The van der Waals surface area contributed by atoms with Gasteiger partial charge in [-0.3, -0.25) is 0 Å². The molecule has 2 nitrogen and oxygen atoms in total. The molecule has 0 saturated heterocycles. The molecule has 0 atom stereocenters. The van der Waals surface area contributed by atoms with E-state index in [1.54, 1.807) is 11.3 Å². The molecule has 118 valence electrons. The van der Waals surface area contributed by atoms with Crippen molar-refractivity contribution in [3.05, 3.63) is 70.5 Å². The van der Waals surface area contributed by atoms with Crippen LogP contribution in [0.3, 0.4) is 0 Å². The summed E-state index contributed by atoms with van der Waals surface area (Å²) in [6, 6.07) is 19.3. The highest BCUT2D eigenvalue weighted by atomic mass is 32.2. The van der Waals surface area contributed by atoms with E-state index in [9.17, 15) is 0 Å². The van der Waals surface area contributed by atoms with Crippen LogP contribution in [-0.4, -0.2) is 18.6 Å². The van der Waals surface area contributed by atoms with Gasteiger partial charge in [-0.2, -0.15) is 0 Å². The molecule has 1 N–H and O–H groups in total. The number of rotatable bonds is 7. The number of hydrogen-bond acceptors (Lipinski definition) is 4. The zero-order valence-electron chi connectivity index (χ0n) is 13.2. The second-order valence-corrected chi connectivity index (χ2v) is 7.27. The van der Waals surface area contributed by atoms with Gasteiger partial charge in [0.25, 0.3) is 0 Å². The highest BCUT2D eigenvalue weighted by molar-refractivity contribution is 7.98. The van der Waals surface area contributed by atoms with Crippen LogP contribution in [-0.2, 0) is 12.2 Å². The van der Waals surface area contributed by atoms with Crippen LogP contribution in [0.4, 0.5) is 0 Å². The van der Waals surface area contributed by atoms with Gasteiger partial charge in [0.05, 0.1) is 10.7 Å². The van der Waals surface area contributed by atoms with Crippen LogP contribution in [0.1, 0.15) is 10.6 Å². The molecule has 0 spiro atoms. The van der Waals surface area contributed by atoms with E-state index in [0.717, 1.165) is 24.4 Å². The third-order valence-corrected chi connectivity index (χ3v) is 5.53. The first-order chi connectivity index (χ1) is 11.3. The molecule has 1 aromatic heterocycles. The smallest absolute Gasteiger partial charge is 0.0945 e. The Morgan fingerprint density at radius 3 is 2.57 bits per heavy atom. The van der Waals surface area contributed by atoms with E-state index < -0.39 is 0 Å². The maximum atomic E-state index is 4.71. The first kappa shape index (κ1) is 16.2. The Balaban J connectivity index is 1.61. The molecule has 0 aliphatic carbocycles. The van der Waals surface area contributed by atoms with Crippen LogP contribution in [0.2, 0.25) is 0 Å². The molecule has 23 heavy (non-hydrogen) atoms. The summed E-state index contributed by atoms with van der Waals surface area (Å²) in [5, 5.41) is 6.51. The van der Waals surface area contributed by atoms with Gasteiger partial charge in [-0.25, -0.2) is 4.98 Å². The normalized spacial score (nSPS) is 10.8. The highest BCUT2D eigenvalue weighted by Crippen LogP contribution is 2.27. The number of thiazole rings is 1. The SMILES string of the molecule is CNCCc1nc(-c2ccc(SCc3ccccc3)cc2)cs1. The third-order valence-electron chi connectivity index (χ3n) is 3.54. The van der Waals surface area contributed by atoms with Gasteiger partial charge in [0.15, 0.2) is 0 Å². The van der Waals surface area contributed by atoms with E-state index >= 15 is 0 Å². The molecule has 0 fully saturated rings. The quantitative estimate of drug-likeness (QED) is 0.622. The number of thioether (sulfide) groups is 1. The summed E-state index contributed by atoms with van der Waals surface area (Å²) in [7, 11) is 1.97. The van der Waals surface area contributed by atoms with Gasteiger partial charge in [0.1, 0.15) is 0 Å². The zero-order chi connectivity index (χ0) is 15.9. The van der Waals surface area contributed by atoms with E-state index in [0.29, 0.717) is 0 Å². The number of nitrogens with one attached hydrogen (secondary N) is 1. The van der Waals surface area contributed by atoms with Crippen LogP contribution < -0.4 is 5.32 Å². The number of nitrogens with zero attached hydrogens (tertiary/aromatic N) is 1. The summed E-state index contributed by atoms with van der Waals surface area (Å²) in [6.07, 6.45) is 0.992. The number of aromatic nitrogens is 1. The molecule has 0 aliphatic rings. The van der Waals surface area contributed by atoms with Gasteiger partial charge in [-0.1, -0.05) is 42.5 Å². The molecule has 0 unspecified atom stereocenters. The average Bonchev–Trinajstić information content (AvgIpc) is 3.08. The lowest BCUT2D eigenvalue weighted by molar-refractivity contribution is 0.788. The van der Waals surface area contributed by atoms with E-state index in [2.05, 4.69) is 65.3 Å². The fraction of sp³-hybridized carbons (Fsp3) is 0.211. The van der Waals surface area contributed by atoms with Crippen LogP contribution in [0.15, 0.2) is 64.9 Å². The molecule has 3 aromatic rings. The van der Waals surface area contributed by atoms with Gasteiger partial charge in [-0.15, -0.1) is 23.1 Å². The first-order valence-electron chi connectivity index (χ1n) is 7.71. The van der Waals surface area contributed by atoms with Crippen molar-refractivity contribution in [3.8, 4) is 11.3 Å². The minimum absolute atomic E-state index is 0.974. The zero-order valence-corrected chi connectivity index (χ0v) is 14.8. The summed E-state index contributed by atoms with van der Waals surface area (Å²) < 4.78 is 0. The molecule has 0 aliphatic heterocycles. The standard InChI is InChI=1S/C19H20N2S2/c1-20-12-11-19-21-18(14-23-19)16-7-9-17(10-8-16)22-13-15-5-3-2-4-6-15/h2-10,14,20H,11-13H2,1H3. The maximum absolute atomic E-state index is 4.71. The predicted molar refractivity (Wildman–Crippen MR) is 101 cm³/mol. The molecule has 2 aromatic carbocycles. The maximum Gasteiger partial charge on any atom is 0.0945 e. The van der Waals surface area contributed by atoms with Crippen molar-refractivity contribution >= 4 is 23.1 Å². The summed E-state index contributed by atoms with van der Waals surface area (Å²) in [5.74, 6) is 1.01. The molecule has 4 heteroatoms. The second kappa shape index (κ2) is 8.29. The third kappa shape index (κ3) is 4.67. The van der Waals surface area contributed by atoms with Crippen molar-refractivity contribution in [2.24, 2.45) is 0 Å². The lowest BCUT2D eigenvalue weighted by Gasteiger charge is -2.03. The van der Waals surface area contributed by atoms with Crippen LogP contribution in [0.5, 0.6) is 0 Å². The Bertz CT molecular complexity index is 721. The number of hydrogen-bond donors (Lipinski definition) is 1. The van der Waals surface area contributed by atoms with Gasteiger partial charge in [0, 0.05) is 34.6 Å². The number of benzene rings is 2. The second-order valence-electron chi connectivity index (χ2n) is 5.28. The Morgan fingerprint density at radius 1 is 1.04 bits per heavy atom.